The monoisotopic (exact) mass is 331 g/mol. The molecule has 0 radical (unpaired) electrons. The lowest BCUT2D eigenvalue weighted by Gasteiger charge is -2.36. The van der Waals surface area contributed by atoms with Gasteiger partial charge in [-0.05, 0) is 38.8 Å². The zero-order valence-electron chi connectivity index (χ0n) is 14.1. The number of pyridine rings is 1. The van der Waals surface area contributed by atoms with Gasteiger partial charge in [-0.1, -0.05) is 0 Å². The van der Waals surface area contributed by atoms with Crippen molar-refractivity contribution in [2.24, 2.45) is 0 Å². The molecular formula is C17H21N3O4. The topological polar surface area (TPSA) is 83.0 Å². The molecule has 0 bridgehead atoms. The van der Waals surface area contributed by atoms with Crippen molar-refractivity contribution in [2.75, 3.05) is 31.1 Å². The third-order valence-electron chi connectivity index (χ3n) is 3.34. The average molecular weight is 331 g/mol. The molecule has 1 aliphatic rings. The molecule has 0 aliphatic carbocycles. The number of aromatic nitrogens is 1. The Hall–Kier alpha value is -2.75. The molecule has 0 atom stereocenters. The Kier molecular flexibility index (Phi) is 5.29. The summed E-state index contributed by atoms with van der Waals surface area (Å²) in [6, 6.07) is 3.54. The maximum atomic E-state index is 12.0. The predicted molar refractivity (Wildman–Crippen MR) is 88.8 cm³/mol. The molecule has 1 aromatic rings. The van der Waals surface area contributed by atoms with E-state index in [1.165, 1.54) is 0 Å². The highest BCUT2D eigenvalue weighted by Gasteiger charge is 2.25. The lowest BCUT2D eigenvalue weighted by molar-refractivity contribution is -0.130. The van der Waals surface area contributed by atoms with E-state index in [1.807, 2.05) is 32.8 Å². The molecule has 0 aromatic carbocycles. The van der Waals surface area contributed by atoms with Crippen molar-refractivity contribution in [3.63, 3.8) is 0 Å². The van der Waals surface area contributed by atoms with Gasteiger partial charge in [0.2, 0.25) is 0 Å². The Morgan fingerprint density at radius 3 is 2.38 bits per heavy atom. The van der Waals surface area contributed by atoms with Crippen LogP contribution in [0.15, 0.2) is 18.3 Å². The smallest absolute Gasteiger partial charge is 0.410 e. The maximum Gasteiger partial charge on any atom is 0.410 e. The fourth-order valence-corrected chi connectivity index (χ4v) is 2.24. The number of carboxylic acids is 1. The van der Waals surface area contributed by atoms with Crippen LogP contribution in [0.25, 0.3) is 0 Å². The second-order valence-electron chi connectivity index (χ2n) is 6.41. The van der Waals surface area contributed by atoms with Crippen molar-refractivity contribution in [3.05, 3.63) is 24.0 Å². The largest absolute Gasteiger partial charge is 0.472 e. The molecule has 128 valence electrons. The van der Waals surface area contributed by atoms with Gasteiger partial charge in [-0.2, -0.15) is 0 Å². The van der Waals surface area contributed by atoms with E-state index in [4.69, 9.17) is 9.84 Å². The van der Waals surface area contributed by atoms with Crippen LogP contribution in [-0.2, 0) is 9.53 Å². The molecular weight excluding hydrogens is 310 g/mol. The molecule has 1 amide bonds. The first-order valence-electron chi connectivity index (χ1n) is 7.68. The summed E-state index contributed by atoms with van der Waals surface area (Å²) < 4.78 is 5.37. The number of piperazine rings is 1. The Labute approximate surface area is 141 Å². The van der Waals surface area contributed by atoms with E-state index in [1.54, 1.807) is 17.2 Å². The minimum atomic E-state index is -1.18. The van der Waals surface area contributed by atoms with Gasteiger partial charge < -0.3 is 19.6 Å². The third-order valence-corrected chi connectivity index (χ3v) is 3.34. The minimum absolute atomic E-state index is 0.292. The van der Waals surface area contributed by atoms with Gasteiger partial charge >= 0.3 is 12.1 Å². The number of nitrogens with zero attached hydrogens (tertiary/aromatic N) is 3. The van der Waals surface area contributed by atoms with Gasteiger partial charge in [0.05, 0.1) is 11.9 Å². The van der Waals surface area contributed by atoms with Crippen molar-refractivity contribution in [3.8, 4) is 11.8 Å². The van der Waals surface area contributed by atoms with Crippen LogP contribution >= 0.6 is 0 Å². The fourth-order valence-electron chi connectivity index (χ4n) is 2.24. The number of carbonyl (C=O) groups excluding carboxylic acids is 1. The summed E-state index contributed by atoms with van der Waals surface area (Å²) in [6.07, 6.45) is 1.37. The molecule has 7 nitrogen and oxygen atoms in total. The zero-order chi connectivity index (χ0) is 17.7. The average Bonchev–Trinajstić information content (AvgIpc) is 2.52. The van der Waals surface area contributed by atoms with Crippen LogP contribution in [0.4, 0.5) is 10.5 Å². The second kappa shape index (κ2) is 7.21. The number of anilines is 1. The maximum absolute atomic E-state index is 12.0. The summed E-state index contributed by atoms with van der Waals surface area (Å²) in [5, 5.41) is 8.52. The normalized spacial score (nSPS) is 14.6. The standard InChI is InChI=1S/C17H21N3O4/c1-17(2,3)24-16(23)20-10-8-19(9-11-20)14-6-4-13(18-12-14)5-7-15(21)22/h4,6,12H,8-11H2,1-3H3,(H,21,22). The van der Waals surface area contributed by atoms with Crippen LogP contribution in [0, 0.1) is 11.8 Å². The van der Waals surface area contributed by atoms with E-state index in [0.717, 1.165) is 5.69 Å². The van der Waals surface area contributed by atoms with Gasteiger partial charge in [-0.15, -0.1) is 0 Å². The van der Waals surface area contributed by atoms with Crippen LogP contribution in [0.1, 0.15) is 26.5 Å². The molecule has 1 aliphatic heterocycles. The summed E-state index contributed by atoms with van der Waals surface area (Å²) in [5.74, 6) is 3.32. The number of carboxylic acid groups (broad SMARTS) is 1. The Balaban J connectivity index is 1.92. The van der Waals surface area contributed by atoms with Crippen molar-refractivity contribution in [1.29, 1.82) is 0 Å². The molecule has 0 unspecified atom stereocenters. The van der Waals surface area contributed by atoms with Gasteiger partial charge in [0.15, 0.2) is 0 Å². The molecule has 2 rings (SSSR count). The Morgan fingerprint density at radius 2 is 1.88 bits per heavy atom. The van der Waals surface area contributed by atoms with Crippen LogP contribution in [-0.4, -0.2) is 58.8 Å². The van der Waals surface area contributed by atoms with E-state index < -0.39 is 11.6 Å². The van der Waals surface area contributed by atoms with Crippen molar-refractivity contribution >= 4 is 17.7 Å². The number of amides is 1. The molecule has 1 aromatic heterocycles. The number of rotatable bonds is 1. The summed E-state index contributed by atoms with van der Waals surface area (Å²) in [7, 11) is 0. The van der Waals surface area contributed by atoms with Crippen LogP contribution in [0.2, 0.25) is 0 Å². The Morgan fingerprint density at radius 1 is 1.21 bits per heavy atom. The summed E-state index contributed by atoms with van der Waals surface area (Å²) in [4.78, 5) is 30.4. The third kappa shape index (κ3) is 5.16. The van der Waals surface area contributed by atoms with Gasteiger partial charge in [0.25, 0.3) is 0 Å². The van der Waals surface area contributed by atoms with Crippen molar-refractivity contribution < 1.29 is 19.4 Å². The summed E-state index contributed by atoms with van der Waals surface area (Å²) in [5.41, 5.74) is 0.832. The van der Waals surface area contributed by atoms with E-state index in [-0.39, 0.29) is 6.09 Å². The van der Waals surface area contributed by atoms with Crippen molar-refractivity contribution in [1.82, 2.24) is 9.88 Å². The molecule has 2 heterocycles. The SMILES string of the molecule is CC(C)(C)OC(=O)N1CCN(c2ccc(C#CC(=O)O)nc2)CC1. The molecule has 7 heteroatoms. The molecule has 1 fully saturated rings. The van der Waals surface area contributed by atoms with Crippen molar-refractivity contribution in [2.45, 2.75) is 26.4 Å². The molecule has 0 spiro atoms. The number of hydrogen-bond acceptors (Lipinski definition) is 5. The molecule has 0 saturated carbocycles. The van der Waals surface area contributed by atoms with E-state index >= 15 is 0 Å². The van der Waals surface area contributed by atoms with Gasteiger partial charge in [0, 0.05) is 32.1 Å². The first-order chi connectivity index (χ1) is 11.2. The van der Waals surface area contributed by atoms with E-state index in [0.29, 0.717) is 31.9 Å². The highest BCUT2D eigenvalue weighted by molar-refractivity contribution is 5.87. The predicted octanol–water partition coefficient (Wildman–Crippen LogP) is 1.57. The van der Waals surface area contributed by atoms with Gasteiger partial charge in [-0.25, -0.2) is 14.6 Å². The number of hydrogen-bond donors (Lipinski definition) is 1. The fraction of sp³-hybridized carbons (Fsp3) is 0.471. The summed E-state index contributed by atoms with van der Waals surface area (Å²) >= 11 is 0. The minimum Gasteiger partial charge on any atom is -0.472 e. The lowest BCUT2D eigenvalue weighted by Crippen LogP contribution is -2.50. The number of aliphatic carboxylic acids is 1. The first kappa shape index (κ1) is 17.6. The van der Waals surface area contributed by atoms with Gasteiger partial charge in [0.1, 0.15) is 11.3 Å². The second-order valence-corrected chi connectivity index (χ2v) is 6.41. The summed E-state index contributed by atoms with van der Waals surface area (Å²) in [6.45, 7) is 8.07. The zero-order valence-corrected chi connectivity index (χ0v) is 14.1. The molecule has 1 N–H and O–H groups in total. The van der Waals surface area contributed by atoms with E-state index in [2.05, 4.69) is 15.8 Å². The quantitative estimate of drug-likeness (QED) is 0.787. The molecule has 24 heavy (non-hydrogen) atoms. The number of carbonyl (C=O) groups is 2. The highest BCUT2D eigenvalue weighted by Crippen LogP contribution is 2.17. The Bertz CT molecular complexity index is 660. The van der Waals surface area contributed by atoms with Gasteiger partial charge in [-0.3, -0.25) is 0 Å². The lowest BCUT2D eigenvalue weighted by atomic mass is 10.2. The van der Waals surface area contributed by atoms with Crippen LogP contribution < -0.4 is 4.90 Å². The van der Waals surface area contributed by atoms with Crippen LogP contribution in [0.3, 0.4) is 0 Å². The highest BCUT2D eigenvalue weighted by atomic mass is 16.6. The molecule has 1 saturated heterocycles. The van der Waals surface area contributed by atoms with E-state index in [9.17, 15) is 9.59 Å². The first-order valence-corrected chi connectivity index (χ1v) is 7.68. The number of ether oxygens (including phenoxy) is 1. The van der Waals surface area contributed by atoms with Crippen LogP contribution in [0.5, 0.6) is 0 Å².